The van der Waals surface area contributed by atoms with Crippen LogP contribution in [0.2, 0.25) is 0 Å². The van der Waals surface area contributed by atoms with Gasteiger partial charge in [-0.1, -0.05) is 5.21 Å². The second-order valence-electron chi connectivity index (χ2n) is 4.46. The van der Waals surface area contributed by atoms with Gasteiger partial charge in [-0.25, -0.2) is 5.84 Å². The molecular formula is C11H22N6O2. The second kappa shape index (κ2) is 7.82. The number of ether oxygens (including phenoxy) is 1. The molecule has 0 radical (unpaired) electrons. The molecule has 0 fully saturated rings. The van der Waals surface area contributed by atoms with Crippen LogP contribution in [0.3, 0.4) is 0 Å². The lowest BCUT2D eigenvalue weighted by molar-refractivity contribution is 0.0948. The zero-order chi connectivity index (χ0) is 14.3. The summed E-state index contributed by atoms with van der Waals surface area (Å²) in [6.07, 6.45) is 1.58. The van der Waals surface area contributed by atoms with E-state index in [1.807, 2.05) is 5.43 Å². The first-order chi connectivity index (χ1) is 9.08. The number of carbonyl (C=O) groups is 1. The van der Waals surface area contributed by atoms with E-state index in [9.17, 15) is 4.79 Å². The molecule has 8 nitrogen and oxygen atoms in total. The largest absolute Gasteiger partial charge is 0.383 e. The van der Waals surface area contributed by atoms with Gasteiger partial charge in [0.05, 0.1) is 19.3 Å². The van der Waals surface area contributed by atoms with Crippen molar-refractivity contribution in [1.29, 1.82) is 0 Å². The number of nitrogens with two attached hydrogens (primary N) is 1. The predicted octanol–water partition coefficient (Wildman–Crippen LogP) is -0.762. The van der Waals surface area contributed by atoms with Crippen LogP contribution in [0.1, 0.15) is 24.3 Å². The van der Waals surface area contributed by atoms with E-state index in [0.717, 1.165) is 13.1 Å². The van der Waals surface area contributed by atoms with Gasteiger partial charge in [0, 0.05) is 26.2 Å². The minimum atomic E-state index is -0.439. The minimum Gasteiger partial charge on any atom is -0.383 e. The van der Waals surface area contributed by atoms with Gasteiger partial charge in [0.15, 0.2) is 5.69 Å². The molecule has 3 N–H and O–H groups in total. The van der Waals surface area contributed by atoms with E-state index in [4.69, 9.17) is 10.6 Å². The maximum Gasteiger partial charge on any atom is 0.287 e. The number of hydrogen-bond donors (Lipinski definition) is 2. The number of hydrazine groups is 1. The number of nitrogen functional groups attached to an aromatic ring is 1. The fraction of sp³-hybridized carbons (Fsp3) is 0.727. The van der Waals surface area contributed by atoms with Crippen molar-refractivity contribution in [3.05, 3.63) is 11.9 Å². The molecule has 0 saturated carbocycles. The van der Waals surface area contributed by atoms with Crippen LogP contribution < -0.4 is 11.3 Å². The highest BCUT2D eigenvalue weighted by Gasteiger charge is 2.11. The van der Waals surface area contributed by atoms with Gasteiger partial charge in [-0.3, -0.25) is 19.8 Å². The summed E-state index contributed by atoms with van der Waals surface area (Å²) in [4.78, 5) is 13.5. The molecule has 0 saturated heterocycles. The summed E-state index contributed by atoms with van der Waals surface area (Å²) >= 11 is 0. The third kappa shape index (κ3) is 4.93. The Labute approximate surface area is 112 Å². The maximum atomic E-state index is 11.2. The standard InChI is InChI=1S/C11H22N6O2/c1-9(2)16(6-7-19-3)4-5-17-8-10(14-15-17)11(18)13-12/h8-9H,4-7,12H2,1-3H3,(H,13,18). The van der Waals surface area contributed by atoms with Crippen LogP contribution in [0.5, 0.6) is 0 Å². The molecule has 0 bridgehead atoms. The zero-order valence-electron chi connectivity index (χ0n) is 11.7. The quantitative estimate of drug-likeness (QED) is 0.366. The molecule has 0 aromatic carbocycles. The lowest BCUT2D eigenvalue weighted by atomic mass is 10.3. The molecule has 1 aromatic heterocycles. The zero-order valence-corrected chi connectivity index (χ0v) is 11.7. The topological polar surface area (TPSA) is 98.3 Å². The highest BCUT2D eigenvalue weighted by molar-refractivity contribution is 5.91. The van der Waals surface area contributed by atoms with Crippen molar-refractivity contribution < 1.29 is 9.53 Å². The fourth-order valence-electron chi connectivity index (χ4n) is 1.65. The number of amides is 1. The molecule has 108 valence electrons. The van der Waals surface area contributed by atoms with Gasteiger partial charge in [0.25, 0.3) is 5.91 Å². The smallest absolute Gasteiger partial charge is 0.287 e. The molecule has 1 aromatic rings. The normalized spacial score (nSPS) is 11.3. The second-order valence-corrected chi connectivity index (χ2v) is 4.46. The first kappa shape index (κ1) is 15.5. The summed E-state index contributed by atoms with van der Waals surface area (Å²) in [7, 11) is 1.69. The molecule has 1 amide bonds. The first-order valence-corrected chi connectivity index (χ1v) is 6.22. The Bertz CT molecular complexity index is 392. The Hall–Kier alpha value is -1.51. The van der Waals surface area contributed by atoms with Gasteiger partial charge < -0.3 is 4.74 Å². The Morgan fingerprint density at radius 1 is 1.58 bits per heavy atom. The average molecular weight is 270 g/mol. The first-order valence-electron chi connectivity index (χ1n) is 6.22. The lowest BCUT2D eigenvalue weighted by Crippen LogP contribution is -2.36. The monoisotopic (exact) mass is 270 g/mol. The van der Waals surface area contributed by atoms with Crippen molar-refractivity contribution in [3.63, 3.8) is 0 Å². The van der Waals surface area contributed by atoms with Gasteiger partial charge >= 0.3 is 0 Å². The van der Waals surface area contributed by atoms with E-state index in [1.54, 1.807) is 18.0 Å². The number of aromatic nitrogens is 3. The Balaban J connectivity index is 2.49. The summed E-state index contributed by atoms with van der Waals surface area (Å²) in [5.41, 5.74) is 2.24. The molecule has 8 heteroatoms. The van der Waals surface area contributed by atoms with E-state index in [1.165, 1.54) is 0 Å². The van der Waals surface area contributed by atoms with Crippen LogP contribution in [0.25, 0.3) is 0 Å². The maximum absolute atomic E-state index is 11.2. The Kier molecular flexibility index (Phi) is 6.40. The number of nitrogens with zero attached hydrogens (tertiary/aromatic N) is 4. The van der Waals surface area contributed by atoms with Crippen molar-refractivity contribution in [2.75, 3.05) is 26.8 Å². The summed E-state index contributed by atoms with van der Waals surface area (Å²) < 4.78 is 6.71. The highest BCUT2D eigenvalue weighted by Crippen LogP contribution is 1.99. The van der Waals surface area contributed by atoms with Crippen LogP contribution >= 0.6 is 0 Å². The Morgan fingerprint density at radius 2 is 2.32 bits per heavy atom. The van der Waals surface area contributed by atoms with E-state index < -0.39 is 5.91 Å². The number of rotatable bonds is 8. The molecular weight excluding hydrogens is 248 g/mol. The van der Waals surface area contributed by atoms with E-state index in [-0.39, 0.29) is 5.69 Å². The van der Waals surface area contributed by atoms with Crippen molar-refractivity contribution >= 4 is 5.91 Å². The van der Waals surface area contributed by atoms with Gasteiger partial charge in [0.1, 0.15) is 0 Å². The van der Waals surface area contributed by atoms with Crippen molar-refractivity contribution in [2.24, 2.45) is 5.84 Å². The van der Waals surface area contributed by atoms with Crippen molar-refractivity contribution in [1.82, 2.24) is 25.3 Å². The van der Waals surface area contributed by atoms with Crippen LogP contribution in [0.15, 0.2) is 6.20 Å². The average Bonchev–Trinajstić information content (AvgIpc) is 2.86. The van der Waals surface area contributed by atoms with E-state index in [0.29, 0.717) is 19.2 Å². The number of nitrogens with one attached hydrogen (secondary N) is 1. The molecule has 0 aliphatic rings. The summed E-state index contributed by atoms with van der Waals surface area (Å²) in [6.45, 7) is 7.28. The third-order valence-corrected chi connectivity index (χ3v) is 2.83. The number of methoxy groups -OCH3 is 1. The summed E-state index contributed by atoms with van der Waals surface area (Å²) in [5, 5.41) is 7.64. The molecule has 0 atom stereocenters. The SMILES string of the molecule is COCCN(CCn1cc(C(=O)NN)nn1)C(C)C. The van der Waals surface area contributed by atoms with Gasteiger partial charge in [0.2, 0.25) is 0 Å². The summed E-state index contributed by atoms with van der Waals surface area (Å²) in [5.74, 6) is 4.59. The van der Waals surface area contributed by atoms with Crippen LogP contribution in [0.4, 0.5) is 0 Å². The molecule has 0 aliphatic carbocycles. The molecule has 0 unspecified atom stereocenters. The molecule has 19 heavy (non-hydrogen) atoms. The highest BCUT2D eigenvalue weighted by atomic mass is 16.5. The predicted molar refractivity (Wildman–Crippen MR) is 70.3 cm³/mol. The van der Waals surface area contributed by atoms with E-state index >= 15 is 0 Å². The van der Waals surface area contributed by atoms with Crippen LogP contribution in [-0.2, 0) is 11.3 Å². The lowest BCUT2D eigenvalue weighted by Gasteiger charge is -2.25. The fourth-order valence-corrected chi connectivity index (χ4v) is 1.65. The molecule has 0 aliphatic heterocycles. The van der Waals surface area contributed by atoms with E-state index in [2.05, 4.69) is 29.1 Å². The molecule has 1 heterocycles. The van der Waals surface area contributed by atoms with Crippen molar-refractivity contribution in [3.8, 4) is 0 Å². The van der Waals surface area contributed by atoms with Crippen LogP contribution in [0, 0.1) is 0 Å². The third-order valence-electron chi connectivity index (χ3n) is 2.83. The van der Waals surface area contributed by atoms with Gasteiger partial charge in [-0.2, -0.15) is 0 Å². The molecule has 0 spiro atoms. The van der Waals surface area contributed by atoms with Gasteiger partial charge in [-0.05, 0) is 13.8 Å². The van der Waals surface area contributed by atoms with Crippen molar-refractivity contribution in [2.45, 2.75) is 26.4 Å². The Morgan fingerprint density at radius 3 is 2.89 bits per heavy atom. The number of carbonyl (C=O) groups excluding carboxylic acids is 1. The van der Waals surface area contributed by atoms with Gasteiger partial charge in [-0.15, -0.1) is 5.10 Å². The van der Waals surface area contributed by atoms with Crippen LogP contribution in [-0.4, -0.2) is 58.6 Å². The molecule has 1 rings (SSSR count). The number of hydrogen-bond acceptors (Lipinski definition) is 6. The summed E-state index contributed by atoms with van der Waals surface area (Å²) in [6, 6.07) is 0.422. The minimum absolute atomic E-state index is 0.218.